The van der Waals surface area contributed by atoms with Crippen LogP contribution in [0.3, 0.4) is 0 Å². The van der Waals surface area contributed by atoms with Gasteiger partial charge in [0, 0.05) is 30.5 Å². The van der Waals surface area contributed by atoms with E-state index >= 15 is 0 Å². The van der Waals surface area contributed by atoms with E-state index in [0.717, 1.165) is 18.2 Å². The Morgan fingerprint density at radius 1 is 1.29 bits per heavy atom. The molecule has 1 saturated heterocycles. The summed E-state index contributed by atoms with van der Waals surface area (Å²) in [5.41, 5.74) is 0.934. The molecular weight excluding hydrogens is 440 g/mol. The topological polar surface area (TPSA) is 121 Å². The molecule has 0 saturated carbocycles. The van der Waals surface area contributed by atoms with E-state index in [2.05, 4.69) is 15.3 Å². The van der Waals surface area contributed by atoms with Gasteiger partial charge in [-0.1, -0.05) is 25.1 Å². The highest BCUT2D eigenvalue weighted by Gasteiger charge is 2.26. The standard InChI is InChI=1S/C20H26N4O5S2/c1-3-4-16-13-18(25)23-20(22-16)30-14(2)19(26)21-15-5-7-17(8-6-15)31(27,28)24-9-11-29-12-10-24/h5-8,13-14H,3-4,9-12H2,1-2H3,(H,21,26)(H,22,23,25)/t14-/m0/s1. The molecule has 3 rings (SSSR count). The molecule has 168 valence electrons. The number of aromatic amines is 1. The van der Waals surface area contributed by atoms with E-state index in [9.17, 15) is 18.0 Å². The first-order valence-electron chi connectivity index (χ1n) is 10.1. The summed E-state index contributed by atoms with van der Waals surface area (Å²) in [7, 11) is -3.58. The Kier molecular flexibility index (Phi) is 7.87. The molecule has 1 aliphatic heterocycles. The van der Waals surface area contributed by atoms with E-state index < -0.39 is 15.3 Å². The van der Waals surface area contributed by atoms with Crippen molar-refractivity contribution in [3.8, 4) is 0 Å². The minimum absolute atomic E-state index is 0.171. The van der Waals surface area contributed by atoms with Crippen molar-refractivity contribution in [1.82, 2.24) is 14.3 Å². The van der Waals surface area contributed by atoms with Crippen molar-refractivity contribution < 1.29 is 17.9 Å². The molecule has 1 atom stereocenters. The number of hydrogen-bond donors (Lipinski definition) is 2. The van der Waals surface area contributed by atoms with Gasteiger partial charge in [-0.05, 0) is 37.6 Å². The zero-order valence-corrected chi connectivity index (χ0v) is 19.1. The van der Waals surface area contributed by atoms with E-state index in [1.807, 2.05) is 6.92 Å². The van der Waals surface area contributed by atoms with Gasteiger partial charge in [0.15, 0.2) is 5.16 Å². The number of nitrogens with one attached hydrogen (secondary N) is 2. The molecule has 1 aromatic carbocycles. The van der Waals surface area contributed by atoms with Gasteiger partial charge < -0.3 is 15.0 Å². The number of aromatic nitrogens is 2. The molecule has 0 radical (unpaired) electrons. The fourth-order valence-corrected chi connectivity index (χ4v) is 5.27. The van der Waals surface area contributed by atoms with Gasteiger partial charge >= 0.3 is 0 Å². The average molecular weight is 467 g/mol. The molecule has 0 bridgehead atoms. The highest BCUT2D eigenvalue weighted by molar-refractivity contribution is 8.00. The maximum atomic E-state index is 12.7. The number of carbonyl (C=O) groups is 1. The van der Waals surface area contributed by atoms with E-state index in [4.69, 9.17) is 4.74 Å². The van der Waals surface area contributed by atoms with Crippen LogP contribution in [-0.2, 0) is 26.0 Å². The largest absolute Gasteiger partial charge is 0.379 e. The first-order chi connectivity index (χ1) is 14.8. The molecule has 9 nitrogen and oxygen atoms in total. The molecule has 0 unspecified atom stereocenters. The Balaban J connectivity index is 1.63. The molecule has 1 amide bonds. The molecule has 0 spiro atoms. The van der Waals surface area contributed by atoms with Crippen molar-refractivity contribution >= 4 is 33.4 Å². The Morgan fingerprint density at radius 2 is 1.97 bits per heavy atom. The minimum Gasteiger partial charge on any atom is -0.379 e. The second kappa shape index (κ2) is 10.4. The summed E-state index contributed by atoms with van der Waals surface area (Å²) in [5.74, 6) is -0.280. The maximum absolute atomic E-state index is 12.7. The zero-order valence-electron chi connectivity index (χ0n) is 17.5. The molecule has 0 aliphatic carbocycles. The van der Waals surface area contributed by atoms with Crippen LogP contribution in [-0.4, -0.2) is 60.2 Å². The van der Waals surface area contributed by atoms with Crippen LogP contribution in [0.4, 0.5) is 5.69 Å². The third-order valence-corrected chi connectivity index (χ3v) is 7.56. The Bertz CT molecular complexity index is 1060. The number of benzene rings is 1. The second-order valence-corrected chi connectivity index (χ2v) is 10.3. The van der Waals surface area contributed by atoms with Crippen LogP contribution in [0.25, 0.3) is 0 Å². The number of aryl methyl sites for hydroxylation is 1. The number of anilines is 1. The number of hydrogen-bond acceptors (Lipinski definition) is 7. The SMILES string of the molecule is CCCc1cc(=O)[nH]c(S[C@@H](C)C(=O)Nc2ccc(S(=O)(=O)N3CCOCC3)cc2)n1. The van der Waals surface area contributed by atoms with Gasteiger partial charge in [-0.3, -0.25) is 9.59 Å². The van der Waals surface area contributed by atoms with Crippen molar-refractivity contribution in [3.63, 3.8) is 0 Å². The van der Waals surface area contributed by atoms with Crippen LogP contribution in [0.2, 0.25) is 0 Å². The summed E-state index contributed by atoms with van der Waals surface area (Å²) >= 11 is 1.16. The number of ether oxygens (including phenoxy) is 1. The van der Waals surface area contributed by atoms with Crippen LogP contribution < -0.4 is 10.9 Å². The molecule has 2 aromatic rings. The van der Waals surface area contributed by atoms with Crippen LogP contribution >= 0.6 is 11.8 Å². The quantitative estimate of drug-likeness (QED) is 0.450. The first kappa shape index (κ1) is 23.5. The van der Waals surface area contributed by atoms with Crippen LogP contribution in [0.5, 0.6) is 0 Å². The molecule has 11 heteroatoms. The Labute approximate surface area is 185 Å². The molecule has 2 heterocycles. The van der Waals surface area contributed by atoms with Gasteiger partial charge in [0.1, 0.15) is 0 Å². The summed E-state index contributed by atoms with van der Waals surface area (Å²) in [4.78, 5) is 31.5. The smallest absolute Gasteiger partial charge is 0.251 e. The zero-order chi connectivity index (χ0) is 22.4. The third kappa shape index (κ3) is 6.16. The molecule has 1 aliphatic rings. The number of nitrogens with zero attached hydrogens (tertiary/aromatic N) is 2. The summed E-state index contributed by atoms with van der Waals surface area (Å²) in [6, 6.07) is 7.54. The predicted molar refractivity (Wildman–Crippen MR) is 119 cm³/mol. The molecular formula is C20H26N4O5S2. The van der Waals surface area contributed by atoms with Gasteiger partial charge in [-0.25, -0.2) is 13.4 Å². The number of H-pyrrole nitrogens is 1. The fourth-order valence-electron chi connectivity index (χ4n) is 3.03. The number of rotatable bonds is 8. The van der Waals surface area contributed by atoms with Crippen molar-refractivity contribution in [2.45, 2.75) is 42.0 Å². The van der Waals surface area contributed by atoms with Crippen molar-refractivity contribution in [2.24, 2.45) is 0 Å². The van der Waals surface area contributed by atoms with Gasteiger partial charge in [0.05, 0.1) is 23.4 Å². The molecule has 1 fully saturated rings. The van der Waals surface area contributed by atoms with Gasteiger partial charge in [0.25, 0.3) is 5.56 Å². The van der Waals surface area contributed by atoms with E-state index in [1.165, 1.54) is 22.5 Å². The predicted octanol–water partition coefficient (Wildman–Crippen LogP) is 1.86. The van der Waals surface area contributed by atoms with E-state index in [0.29, 0.717) is 49.3 Å². The van der Waals surface area contributed by atoms with Crippen molar-refractivity contribution in [3.05, 3.63) is 46.4 Å². The van der Waals surface area contributed by atoms with Gasteiger partial charge in [-0.15, -0.1) is 0 Å². The highest BCUT2D eigenvalue weighted by Crippen LogP contribution is 2.22. The number of morpholine rings is 1. The summed E-state index contributed by atoms with van der Waals surface area (Å²) in [6.07, 6.45) is 1.56. The third-order valence-electron chi connectivity index (χ3n) is 4.67. The van der Waals surface area contributed by atoms with Gasteiger partial charge in [-0.2, -0.15) is 4.31 Å². The number of amides is 1. The number of carbonyl (C=O) groups excluding carboxylic acids is 1. The highest BCUT2D eigenvalue weighted by atomic mass is 32.2. The monoisotopic (exact) mass is 466 g/mol. The van der Waals surface area contributed by atoms with Crippen LogP contribution in [0.15, 0.2) is 45.2 Å². The summed E-state index contributed by atoms with van der Waals surface area (Å²) in [6.45, 7) is 5.12. The van der Waals surface area contributed by atoms with E-state index in [1.54, 1.807) is 19.1 Å². The fraction of sp³-hybridized carbons (Fsp3) is 0.450. The maximum Gasteiger partial charge on any atom is 0.251 e. The summed E-state index contributed by atoms with van der Waals surface area (Å²) in [5, 5.41) is 2.64. The lowest BCUT2D eigenvalue weighted by Gasteiger charge is -2.26. The second-order valence-electron chi connectivity index (χ2n) is 7.08. The lowest BCUT2D eigenvalue weighted by molar-refractivity contribution is -0.115. The summed E-state index contributed by atoms with van der Waals surface area (Å²) < 4.78 is 32.0. The van der Waals surface area contributed by atoms with E-state index in [-0.39, 0.29) is 16.4 Å². The molecule has 31 heavy (non-hydrogen) atoms. The number of thioether (sulfide) groups is 1. The minimum atomic E-state index is -3.58. The number of sulfonamides is 1. The molecule has 1 aromatic heterocycles. The van der Waals surface area contributed by atoms with Crippen molar-refractivity contribution in [1.29, 1.82) is 0 Å². The Hall–Kier alpha value is -2.21. The Morgan fingerprint density at radius 3 is 2.61 bits per heavy atom. The molecule has 2 N–H and O–H groups in total. The van der Waals surface area contributed by atoms with Crippen LogP contribution in [0.1, 0.15) is 26.0 Å². The lowest BCUT2D eigenvalue weighted by Crippen LogP contribution is -2.40. The van der Waals surface area contributed by atoms with Crippen LogP contribution in [0, 0.1) is 0 Å². The van der Waals surface area contributed by atoms with Crippen molar-refractivity contribution in [2.75, 3.05) is 31.6 Å². The lowest BCUT2D eigenvalue weighted by atomic mass is 10.2. The van der Waals surface area contributed by atoms with Gasteiger partial charge in [0.2, 0.25) is 15.9 Å². The average Bonchev–Trinajstić information content (AvgIpc) is 2.74. The normalized spacial score (nSPS) is 16.1. The first-order valence-corrected chi connectivity index (χ1v) is 12.4.